The van der Waals surface area contributed by atoms with Crippen molar-refractivity contribution in [2.24, 2.45) is 11.8 Å². The predicted octanol–water partition coefficient (Wildman–Crippen LogP) is 2.21. The molecule has 0 aromatic carbocycles. The Balaban J connectivity index is 1.70. The van der Waals surface area contributed by atoms with Gasteiger partial charge in [-0.05, 0) is 20.3 Å². The molecular formula is C23H29N3O9S2. The number of imidazole rings is 1. The highest BCUT2D eigenvalue weighted by atomic mass is 32.2. The van der Waals surface area contributed by atoms with Crippen LogP contribution < -0.4 is 0 Å². The summed E-state index contributed by atoms with van der Waals surface area (Å²) < 4.78 is 41.3. The summed E-state index contributed by atoms with van der Waals surface area (Å²) in [6.45, 7) is 8.21. The first-order chi connectivity index (χ1) is 17.3. The first-order valence-corrected chi connectivity index (χ1v) is 14.5. The molecule has 4 heterocycles. The first kappa shape index (κ1) is 27.1. The number of aliphatic hydroxyl groups is 1. The average molecular weight is 556 g/mol. The fourth-order valence-corrected chi connectivity index (χ4v) is 7.03. The molecule has 4 rings (SSSR count). The fraction of sp³-hybridized carbons (Fsp3) is 0.565. The summed E-state index contributed by atoms with van der Waals surface area (Å²) in [7, 11) is -3.60. The smallest absolute Gasteiger partial charge is 0.431 e. The van der Waals surface area contributed by atoms with Crippen LogP contribution in [0.1, 0.15) is 45.9 Å². The number of carbonyl (C=O) groups is 3. The Morgan fingerprint density at radius 2 is 1.89 bits per heavy atom. The maximum Gasteiger partial charge on any atom is 0.511 e. The number of nitrogens with zero attached hydrogens (tertiary/aromatic N) is 3. The summed E-state index contributed by atoms with van der Waals surface area (Å²) in [6, 6.07) is -0.495. The van der Waals surface area contributed by atoms with Crippen molar-refractivity contribution in [3.05, 3.63) is 23.1 Å². The van der Waals surface area contributed by atoms with Crippen molar-refractivity contribution in [1.82, 2.24) is 14.3 Å². The summed E-state index contributed by atoms with van der Waals surface area (Å²) in [5, 5.41) is 10.1. The number of ether oxygens (including phenoxy) is 3. The molecule has 37 heavy (non-hydrogen) atoms. The molecular weight excluding hydrogens is 526 g/mol. The average Bonchev–Trinajstić information content (AvgIpc) is 3.42. The number of hydrogen-bond acceptors (Lipinski definition) is 11. The molecule has 2 unspecified atom stereocenters. The van der Waals surface area contributed by atoms with Gasteiger partial charge in [-0.3, -0.25) is 9.20 Å². The summed E-state index contributed by atoms with van der Waals surface area (Å²) in [4.78, 5) is 44.5. The first-order valence-electron chi connectivity index (χ1n) is 11.8. The topological polar surface area (TPSA) is 154 Å². The van der Waals surface area contributed by atoms with Gasteiger partial charge in [0.1, 0.15) is 23.0 Å². The largest absolute Gasteiger partial charge is 0.511 e. The van der Waals surface area contributed by atoms with Crippen LogP contribution in [0, 0.1) is 11.8 Å². The van der Waals surface area contributed by atoms with Gasteiger partial charge >= 0.3 is 12.1 Å². The minimum atomic E-state index is -3.60. The number of rotatable bonds is 8. The van der Waals surface area contributed by atoms with Gasteiger partial charge in [-0.15, -0.1) is 11.3 Å². The molecule has 0 radical (unpaired) electrons. The van der Waals surface area contributed by atoms with E-state index in [2.05, 4.69) is 4.98 Å². The molecule has 14 heteroatoms. The van der Waals surface area contributed by atoms with Crippen molar-refractivity contribution in [2.45, 2.75) is 70.6 Å². The van der Waals surface area contributed by atoms with E-state index < -0.39 is 52.2 Å². The van der Waals surface area contributed by atoms with Crippen molar-refractivity contribution >= 4 is 49.6 Å². The normalized spacial score (nSPS) is 23.9. The molecule has 202 valence electrons. The van der Waals surface area contributed by atoms with Crippen LogP contribution in [-0.2, 0) is 33.6 Å². The SMILES string of the molecule is CCC(C)OC(=O)OC(C)OC(=O)C1=C(c2cn3cnc(S(C)(=O)=O)c3s2)[C@H](C)[C@@H]2[C@@H]([C@@H](C)O)C(=O)N12. The van der Waals surface area contributed by atoms with E-state index in [0.29, 0.717) is 21.7 Å². The van der Waals surface area contributed by atoms with Gasteiger partial charge in [0.15, 0.2) is 14.9 Å². The van der Waals surface area contributed by atoms with E-state index in [1.165, 1.54) is 25.1 Å². The van der Waals surface area contributed by atoms with Crippen molar-refractivity contribution in [2.75, 3.05) is 6.26 Å². The standard InChI is InChI=1S/C23H29N3O9S2/c1-7-10(2)33-23(30)35-13(5)34-22(29)18-15(11(3)17-16(12(4)27)20(28)26(17)18)14-8-25-9-24-19(21(25)36-14)37(6,31)32/h8-13,16-17,27H,7H2,1-6H3/t10?,11-,12+,13?,16+,17+/m0/s1. The van der Waals surface area contributed by atoms with Crippen molar-refractivity contribution in [1.29, 1.82) is 0 Å². The molecule has 2 aromatic heterocycles. The van der Waals surface area contributed by atoms with Crippen LogP contribution in [0.2, 0.25) is 0 Å². The third-order valence-electron chi connectivity index (χ3n) is 6.57. The molecule has 0 spiro atoms. The van der Waals surface area contributed by atoms with Gasteiger partial charge in [0, 0.05) is 30.9 Å². The summed E-state index contributed by atoms with van der Waals surface area (Å²) in [5.74, 6) is -2.43. The highest BCUT2D eigenvalue weighted by Crippen LogP contribution is 2.52. The molecule has 6 atom stereocenters. The molecule has 1 saturated heterocycles. The minimum Gasteiger partial charge on any atom is -0.431 e. The molecule has 0 aliphatic carbocycles. The van der Waals surface area contributed by atoms with Gasteiger partial charge in [-0.1, -0.05) is 13.8 Å². The number of carbonyl (C=O) groups excluding carboxylic acids is 3. The van der Waals surface area contributed by atoms with E-state index >= 15 is 0 Å². The quantitative estimate of drug-likeness (QED) is 0.291. The zero-order chi connectivity index (χ0) is 27.4. The van der Waals surface area contributed by atoms with Gasteiger partial charge in [0.25, 0.3) is 0 Å². The van der Waals surface area contributed by atoms with Gasteiger partial charge < -0.3 is 24.2 Å². The third-order valence-corrected chi connectivity index (χ3v) is 8.84. The predicted molar refractivity (Wildman–Crippen MR) is 131 cm³/mol. The molecule has 1 N–H and O–H groups in total. The Morgan fingerprint density at radius 3 is 2.49 bits per heavy atom. The Labute approximate surface area is 217 Å². The highest BCUT2D eigenvalue weighted by molar-refractivity contribution is 7.91. The zero-order valence-electron chi connectivity index (χ0n) is 21.2. The van der Waals surface area contributed by atoms with E-state index in [9.17, 15) is 27.9 Å². The lowest BCUT2D eigenvalue weighted by Crippen LogP contribution is -2.63. The van der Waals surface area contributed by atoms with Crippen LogP contribution >= 0.6 is 11.3 Å². The molecule has 2 aromatic rings. The number of fused-ring (bicyclic) bond motifs is 2. The van der Waals surface area contributed by atoms with E-state index in [1.807, 2.05) is 13.8 Å². The van der Waals surface area contributed by atoms with Gasteiger partial charge in [-0.25, -0.2) is 23.0 Å². The van der Waals surface area contributed by atoms with Crippen molar-refractivity contribution in [3.8, 4) is 0 Å². The Hall–Kier alpha value is -2.97. The lowest BCUT2D eigenvalue weighted by Gasteiger charge is -2.46. The molecule has 0 bridgehead atoms. The number of hydrogen-bond donors (Lipinski definition) is 1. The lowest BCUT2D eigenvalue weighted by molar-refractivity contribution is -0.174. The number of thiazole rings is 1. The van der Waals surface area contributed by atoms with Gasteiger partial charge in [-0.2, -0.15) is 0 Å². The molecule has 12 nitrogen and oxygen atoms in total. The third kappa shape index (κ3) is 4.73. The number of aliphatic hydroxyl groups excluding tert-OH is 1. The van der Waals surface area contributed by atoms with E-state index in [0.717, 1.165) is 17.6 Å². The van der Waals surface area contributed by atoms with E-state index in [4.69, 9.17) is 14.2 Å². The maximum atomic E-state index is 13.4. The Bertz CT molecular complexity index is 1390. The highest BCUT2D eigenvalue weighted by Gasteiger charge is 2.60. The number of β-lactam (4-membered cyclic amide) rings is 1. The number of amides is 1. The fourth-order valence-electron chi connectivity index (χ4n) is 4.68. The number of sulfone groups is 1. The summed E-state index contributed by atoms with van der Waals surface area (Å²) in [5.41, 5.74) is 0.428. The van der Waals surface area contributed by atoms with Crippen LogP contribution in [-0.4, -0.2) is 76.6 Å². The van der Waals surface area contributed by atoms with E-state index in [-0.39, 0.29) is 22.7 Å². The van der Waals surface area contributed by atoms with Gasteiger partial charge in [0.2, 0.25) is 12.2 Å². The van der Waals surface area contributed by atoms with Gasteiger partial charge in [0.05, 0.1) is 22.9 Å². The van der Waals surface area contributed by atoms with Crippen LogP contribution in [0.4, 0.5) is 4.79 Å². The molecule has 0 saturated carbocycles. The van der Waals surface area contributed by atoms with Crippen LogP contribution in [0.5, 0.6) is 0 Å². The second kappa shape index (κ2) is 9.72. The molecule has 1 amide bonds. The summed E-state index contributed by atoms with van der Waals surface area (Å²) >= 11 is 1.11. The molecule has 1 fully saturated rings. The lowest BCUT2D eigenvalue weighted by atomic mass is 9.77. The van der Waals surface area contributed by atoms with Crippen molar-refractivity contribution in [3.63, 3.8) is 0 Å². The van der Waals surface area contributed by atoms with Crippen LogP contribution in [0.15, 0.2) is 23.2 Å². The Morgan fingerprint density at radius 1 is 1.22 bits per heavy atom. The Kier molecular flexibility index (Phi) is 7.12. The number of aromatic nitrogens is 2. The second-order valence-corrected chi connectivity index (χ2v) is 12.3. The van der Waals surface area contributed by atoms with Crippen molar-refractivity contribution < 1.29 is 42.1 Å². The zero-order valence-corrected chi connectivity index (χ0v) is 22.8. The van der Waals surface area contributed by atoms with Crippen LogP contribution in [0.3, 0.4) is 0 Å². The minimum absolute atomic E-state index is 0.0384. The summed E-state index contributed by atoms with van der Waals surface area (Å²) in [6.07, 6.45) is 1.01. The van der Waals surface area contributed by atoms with E-state index in [1.54, 1.807) is 17.5 Å². The monoisotopic (exact) mass is 555 g/mol. The molecule has 2 aliphatic rings. The maximum absolute atomic E-state index is 13.4. The van der Waals surface area contributed by atoms with Crippen LogP contribution in [0.25, 0.3) is 10.4 Å². The molecule has 2 aliphatic heterocycles. The number of esters is 1. The second-order valence-electron chi connectivity index (χ2n) is 9.32.